The molecule has 8 nitrogen and oxygen atoms in total. The molecule has 0 spiro atoms. The molecule has 28 heavy (non-hydrogen) atoms. The second-order valence-corrected chi connectivity index (χ2v) is 8.14. The van der Waals surface area contributed by atoms with Crippen LogP contribution >= 0.6 is 0 Å². The van der Waals surface area contributed by atoms with Gasteiger partial charge in [-0.3, -0.25) is 4.79 Å². The average molecular weight is 403 g/mol. The van der Waals surface area contributed by atoms with Gasteiger partial charge in [-0.15, -0.1) is 0 Å². The van der Waals surface area contributed by atoms with Gasteiger partial charge >= 0.3 is 5.16 Å². The highest BCUT2D eigenvalue weighted by Crippen LogP contribution is 2.27. The Morgan fingerprint density at radius 1 is 1.36 bits per heavy atom. The van der Waals surface area contributed by atoms with Crippen LogP contribution in [0.4, 0.5) is 4.39 Å². The average Bonchev–Trinajstić information content (AvgIpc) is 2.92. The molecule has 10 heteroatoms. The molecule has 0 aromatic carbocycles. The number of pyridine rings is 1. The first-order valence-electron chi connectivity index (χ1n) is 8.65. The summed E-state index contributed by atoms with van der Waals surface area (Å²) in [6.45, 7) is 1.30. The zero-order chi connectivity index (χ0) is 20.1. The van der Waals surface area contributed by atoms with Crippen LogP contribution in [0, 0.1) is 0 Å². The Bertz CT molecular complexity index is 1150. The Labute approximate surface area is 162 Å². The molecule has 0 radical (unpaired) electrons. The van der Waals surface area contributed by atoms with Crippen LogP contribution in [0.25, 0.3) is 16.9 Å². The van der Waals surface area contributed by atoms with E-state index in [1.807, 2.05) is 0 Å². The number of nitrogens with zero attached hydrogens (tertiary/aromatic N) is 5. The van der Waals surface area contributed by atoms with Crippen molar-refractivity contribution < 1.29 is 14.0 Å². The van der Waals surface area contributed by atoms with Crippen molar-refractivity contribution in [3.05, 3.63) is 52.3 Å². The smallest absolute Gasteiger partial charge is 0.344 e. The topological polar surface area (TPSA) is 109 Å². The molecule has 0 aliphatic carbocycles. The summed E-state index contributed by atoms with van der Waals surface area (Å²) in [6, 6.07) is 5.02. The van der Waals surface area contributed by atoms with Crippen LogP contribution in [0.3, 0.4) is 0 Å². The number of hydrogen-bond acceptors (Lipinski definition) is 6. The summed E-state index contributed by atoms with van der Waals surface area (Å²) in [4.78, 5) is 25.6. The highest BCUT2D eigenvalue weighted by Gasteiger charge is 2.27. The van der Waals surface area contributed by atoms with E-state index in [2.05, 4.69) is 15.0 Å². The number of allylic oxidation sites excluding steroid dienone is 2. The summed E-state index contributed by atoms with van der Waals surface area (Å²) in [5.41, 5.74) is -1.17. The molecule has 1 aliphatic heterocycles. The van der Waals surface area contributed by atoms with Crippen LogP contribution in [0.1, 0.15) is 25.5 Å². The fraction of sp³-hybridized carbons (Fsp3) is 0.333. The van der Waals surface area contributed by atoms with Gasteiger partial charge in [0.15, 0.2) is 11.5 Å². The van der Waals surface area contributed by atoms with Crippen molar-refractivity contribution in [3.63, 3.8) is 0 Å². The zero-order valence-electron chi connectivity index (χ0n) is 15.3. The molecule has 0 amide bonds. The lowest BCUT2D eigenvalue weighted by Crippen LogP contribution is -2.25. The molecule has 146 valence electrons. The number of aromatic nitrogens is 5. The zero-order valence-corrected chi connectivity index (χ0v) is 16.1. The third kappa shape index (κ3) is 3.13. The van der Waals surface area contributed by atoms with Crippen LogP contribution in [0.5, 0.6) is 0 Å². The third-order valence-electron chi connectivity index (χ3n) is 4.71. The first-order chi connectivity index (χ1) is 13.3. The summed E-state index contributed by atoms with van der Waals surface area (Å²) in [7, 11) is 0. The maximum absolute atomic E-state index is 14.5. The van der Waals surface area contributed by atoms with Gasteiger partial charge in [-0.1, -0.05) is 12.1 Å². The molecule has 2 bridgehead atoms. The van der Waals surface area contributed by atoms with E-state index in [1.165, 1.54) is 27.9 Å². The molecule has 0 fully saturated rings. The summed E-state index contributed by atoms with van der Waals surface area (Å²) < 4.78 is 28.9. The van der Waals surface area contributed by atoms with Gasteiger partial charge in [-0.05, 0) is 31.9 Å². The molecule has 0 saturated carbocycles. The summed E-state index contributed by atoms with van der Waals surface area (Å²) in [5, 5.41) is 11.0. The number of rotatable bonds is 1. The van der Waals surface area contributed by atoms with E-state index in [9.17, 15) is 18.8 Å². The lowest BCUT2D eigenvalue weighted by molar-refractivity contribution is 0.0442. The molecule has 3 aromatic rings. The lowest BCUT2D eigenvalue weighted by atomic mass is 9.95. The first-order valence-corrected chi connectivity index (χ1v) is 10.2. The summed E-state index contributed by atoms with van der Waals surface area (Å²) >= 11 is -1.46. The molecule has 1 N–H and O–H groups in total. The predicted octanol–water partition coefficient (Wildman–Crippen LogP) is 1.57. The van der Waals surface area contributed by atoms with Gasteiger partial charge < -0.3 is 9.66 Å². The minimum Gasteiger partial charge on any atom is -0.609 e. The molecular weight excluding hydrogens is 385 g/mol. The van der Waals surface area contributed by atoms with Crippen LogP contribution in [-0.4, -0.2) is 40.2 Å². The van der Waals surface area contributed by atoms with Gasteiger partial charge in [0.1, 0.15) is 23.1 Å². The molecule has 3 aromatic heterocycles. The number of aliphatic hydroxyl groups is 1. The molecular formula is C18H18FN5O3S. The van der Waals surface area contributed by atoms with Crippen molar-refractivity contribution >= 4 is 22.2 Å². The van der Waals surface area contributed by atoms with Crippen LogP contribution < -0.4 is 5.56 Å². The van der Waals surface area contributed by atoms with Crippen molar-refractivity contribution in [1.82, 2.24) is 24.3 Å². The number of halogens is 1. The highest BCUT2D eigenvalue weighted by molar-refractivity contribution is 7.90. The van der Waals surface area contributed by atoms with Crippen LogP contribution in [0.2, 0.25) is 0 Å². The highest BCUT2D eigenvalue weighted by atomic mass is 32.2. The van der Waals surface area contributed by atoms with E-state index >= 15 is 0 Å². The second-order valence-electron chi connectivity index (χ2n) is 6.86. The fourth-order valence-electron chi connectivity index (χ4n) is 3.21. The lowest BCUT2D eigenvalue weighted by Gasteiger charge is -2.22. The number of fused-ring (bicyclic) bond motifs is 6. The van der Waals surface area contributed by atoms with Crippen molar-refractivity contribution in [1.29, 1.82) is 0 Å². The SMILES string of the molecule is C[S+]([O-])c1ncc2c(=O)n3n(c2n1)-c1cccc(n1)C(C)(O)CCC=C(F)C3. The number of hydrogen-bond donors (Lipinski definition) is 1. The van der Waals surface area contributed by atoms with E-state index in [-0.39, 0.29) is 29.2 Å². The molecule has 4 heterocycles. The monoisotopic (exact) mass is 403 g/mol. The van der Waals surface area contributed by atoms with E-state index < -0.39 is 28.2 Å². The standard InChI is InChI=1S/C18H18FN5O3S/c1-18(26)8-4-5-11(19)10-23-16(25)12-9-20-17(28(2)27)22-15(12)24(23)14-7-3-6-13(18)21-14/h3,5-7,9,26H,4,8,10H2,1-2H3. The van der Waals surface area contributed by atoms with Gasteiger partial charge in [0.05, 0.1) is 18.4 Å². The molecule has 4 rings (SSSR count). The van der Waals surface area contributed by atoms with Crippen LogP contribution in [-0.2, 0) is 23.3 Å². The minimum absolute atomic E-state index is 0.0573. The Morgan fingerprint density at radius 2 is 2.14 bits per heavy atom. The Hall–Kier alpha value is -2.56. The Morgan fingerprint density at radius 3 is 2.89 bits per heavy atom. The van der Waals surface area contributed by atoms with Crippen LogP contribution in [0.15, 0.2) is 46.2 Å². The first kappa shape index (κ1) is 18.8. The Balaban J connectivity index is 2.08. The second kappa shape index (κ2) is 6.80. The van der Waals surface area contributed by atoms with E-state index in [0.717, 1.165) is 0 Å². The molecule has 2 unspecified atom stereocenters. The minimum atomic E-state index is -1.46. The van der Waals surface area contributed by atoms with Gasteiger partial charge in [-0.2, -0.15) is 9.97 Å². The predicted molar refractivity (Wildman–Crippen MR) is 101 cm³/mol. The van der Waals surface area contributed by atoms with Crippen molar-refractivity contribution in [2.75, 3.05) is 6.26 Å². The van der Waals surface area contributed by atoms with E-state index in [4.69, 9.17) is 0 Å². The van der Waals surface area contributed by atoms with Crippen molar-refractivity contribution in [3.8, 4) is 5.82 Å². The van der Waals surface area contributed by atoms with Gasteiger partial charge in [0.2, 0.25) is 0 Å². The molecule has 1 aliphatic rings. The van der Waals surface area contributed by atoms with E-state index in [1.54, 1.807) is 25.1 Å². The van der Waals surface area contributed by atoms with Gasteiger partial charge in [0, 0.05) is 11.2 Å². The fourth-order valence-corrected chi connectivity index (χ4v) is 3.63. The quantitative estimate of drug-likeness (QED) is 0.488. The third-order valence-corrected chi connectivity index (χ3v) is 5.42. The Kier molecular flexibility index (Phi) is 4.56. The molecule has 2 atom stereocenters. The van der Waals surface area contributed by atoms with Crippen molar-refractivity contribution in [2.45, 2.75) is 37.1 Å². The summed E-state index contributed by atoms with van der Waals surface area (Å²) in [6.07, 6.45) is 4.65. The largest absolute Gasteiger partial charge is 0.609 e. The van der Waals surface area contributed by atoms with Gasteiger partial charge in [-0.25, -0.2) is 18.7 Å². The maximum Gasteiger partial charge on any atom is 0.344 e. The summed E-state index contributed by atoms with van der Waals surface area (Å²) in [5.74, 6) is -0.213. The molecule has 0 saturated heterocycles. The van der Waals surface area contributed by atoms with Crippen molar-refractivity contribution in [2.24, 2.45) is 0 Å². The van der Waals surface area contributed by atoms with Gasteiger partial charge in [0.25, 0.3) is 5.56 Å². The van der Waals surface area contributed by atoms with E-state index in [0.29, 0.717) is 17.9 Å². The maximum atomic E-state index is 14.5. The normalized spacial score (nSPS) is 21.0.